The van der Waals surface area contributed by atoms with Crippen LogP contribution in [0.4, 0.5) is 0 Å². The van der Waals surface area contributed by atoms with Crippen molar-refractivity contribution in [3.8, 4) is 11.3 Å². The largest absolute Gasteiger partial charge is 0.379 e. The molecule has 3 heterocycles. The van der Waals surface area contributed by atoms with Crippen molar-refractivity contribution in [2.45, 2.75) is 19.5 Å². The van der Waals surface area contributed by atoms with Crippen molar-refractivity contribution in [1.29, 1.82) is 0 Å². The lowest BCUT2D eigenvalue weighted by molar-refractivity contribution is 0.0359. The maximum Gasteiger partial charge on any atom is 0.0695 e. The summed E-state index contributed by atoms with van der Waals surface area (Å²) in [6.07, 6.45) is 6.82. The lowest BCUT2D eigenvalue weighted by atomic mass is 10.1. The minimum Gasteiger partial charge on any atom is -0.379 e. The maximum atomic E-state index is 6.06. The van der Waals surface area contributed by atoms with E-state index in [1.165, 1.54) is 11.1 Å². The molecule has 1 aliphatic rings. The molecule has 1 aromatic carbocycles. The van der Waals surface area contributed by atoms with Crippen molar-refractivity contribution in [3.63, 3.8) is 0 Å². The molecule has 6 nitrogen and oxygen atoms in total. The predicted octanol–water partition coefficient (Wildman–Crippen LogP) is 3.85. The summed E-state index contributed by atoms with van der Waals surface area (Å²) in [5.41, 5.74) is 4.56. The molecule has 0 radical (unpaired) electrons. The van der Waals surface area contributed by atoms with E-state index in [1.807, 2.05) is 48.9 Å². The van der Waals surface area contributed by atoms with Gasteiger partial charge in [-0.05, 0) is 42.3 Å². The number of hydrogen-bond acceptors (Lipinski definition) is 5. The Morgan fingerprint density at radius 2 is 1.90 bits per heavy atom. The van der Waals surface area contributed by atoms with E-state index in [-0.39, 0.29) is 0 Å². The van der Waals surface area contributed by atoms with Crippen LogP contribution in [0.25, 0.3) is 11.3 Å². The van der Waals surface area contributed by atoms with E-state index in [9.17, 15) is 0 Å². The smallest absolute Gasteiger partial charge is 0.0695 e. The van der Waals surface area contributed by atoms with Gasteiger partial charge in [-0.3, -0.25) is 19.9 Å². The van der Waals surface area contributed by atoms with Gasteiger partial charge in [0.2, 0.25) is 0 Å². The molecule has 1 fully saturated rings. The van der Waals surface area contributed by atoms with Gasteiger partial charge in [-0.1, -0.05) is 29.8 Å². The van der Waals surface area contributed by atoms with Crippen molar-refractivity contribution in [3.05, 3.63) is 71.1 Å². The summed E-state index contributed by atoms with van der Waals surface area (Å²) in [6.45, 7) is 7.56. The number of H-pyrrole nitrogens is 1. The normalized spacial score (nSPS) is 15.0. The zero-order valence-electron chi connectivity index (χ0n) is 17.1. The number of aromatic amines is 1. The van der Waals surface area contributed by atoms with Crippen LogP contribution in [-0.2, 0) is 17.8 Å². The van der Waals surface area contributed by atoms with Gasteiger partial charge in [0.05, 0.1) is 25.1 Å². The molecule has 0 unspecified atom stereocenters. The minimum atomic E-state index is 0.737. The van der Waals surface area contributed by atoms with Crippen LogP contribution in [0, 0.1) is 0 Å². The Bertz CT molecular complexity index is 893. The second kappa shape index (κ2) is 10.7. The van der Waals surface area contributed by atoms with Crippen molar-refractivity contribution < 1.29 is 4.74 Å². The standard InChI is InChI=1S/C23H28ClN5O/c24-22-6-4-20(5-7-22)23-21(16-26-27-23)18-29(17-19-3-1-8-25-15-19)10-2-9-28-11-13-30-14-12-28/h1,3-8,15-16H,2,9-14,17-18H2,(H,26,27). The molecule has 0 bridgehead atoms. The molecule has 0 amide bonds. The number of ether oxygens (including phenoxy) is 1. The van der Waals surface area contributed by atoms with Crippen molar-refractivity contribution in [1.82, 2.24) is 25.0 Å². The summed E-state index contributed by atoms with van der Waals surface area (Å²) in [6, 6.07) is 12.0. The molecule has 1 N–H and O–H groups in total. The van der Waals surface area contributed by atoms with Gasteiger partial charge >= 0.3 is 0 Å². The van der Waals surface area contributed by atoms with E-state index in [0.717, 1.165) is 75.2 Å². The second-order valence-corrected chi connectivity index (χ2v) is 8.09. The maximum absolute atomic E-state index is 6.06. The third-order valence-corrected chi connectivity index (χ3v) is 5.68. The Balaban J connectivity index is 1.44. The number of pyridine rings is 1. The fraction of sp³-hybridized carbons (Fsp3) is 0.391. The molecule has 1 aliphatic heterocycles. The summed E-state index contributed by atoms with van der Waals surface area (Å²) in [7, 11) is 0. The fourth-order valence-corrected chi connectivity index (χ4v) is 3.97. The molecule has 30 heavy (non-hydrogen) atoms. The Labute approximate surface area is 182 Å². The molecule has 2 aromatic heterocycles. The number of nitrogens with zero attached hydrogens (tertiary/aromatic N) is 4. The van der Waals surface area contributed by atoms with Crippen LogP contribution in [-0.4, -0.2) is 64.4 Å². The molecule has 158 valence electrons. The van der Waals surface area contributed by atoms with Crippen LogP contribution >= 0.6 is 11.6 Å². The molecule has 0 aliphatic carbocycles. The lowest BCUT2D eigenvalue weighted by Gasteiger charge is -2.28. The molecular formula is C23H28ClN5O. The van der Waals surface area contributed by atoms with E-state index < -0.39 is 0 Å². The number of rotatable bonds is 9. The van der Waals surface area contributed by atoms with Crippen molar-refractivity contribution in [2.75, 3.05) is 39.4 Å². The highest BCUT2D eigenvalue weighted by Gasteiger charge is 2.15. The number of morpholine rings is 1. The van der Waals surface area contributed by atoms with Gasteiger partial charge in [-0.25, -0.2) is 0 Å². The minimum absolute atomic E-state index is 0.737. The number of nitrogens with one attached hydrogen (secondary N) is 1. The van der Waals surface area contributed by atoms with E-state index in [1.54, 1.807) is 0 Å². The SMILES string of the molecule is Clc1ccc(-c2[nH]ncc2CN(CCCN2CCOCC2)Cc2cccnc2)cc1. The average molecular weight is 426 g/mol. The van der Waals surface area contributed by atoms with Gasteiger partial charge in [0.25, 0.3) is 0 Å². The number of hydrogen-bond donors (Lipinski definition) is 1. The predicted molar refractivity (Wildman–Crippen MR) is 119 cm³/mol. The first-order chi connectivity index (χ1) is 14.8. The van der Waals surface area contributed by atoms with E-state index >= 15 is 0 Å². The average Bonchev–Trinajstić information content (AvgIpc) is 3.24. The van der Waals surface area contributed by atoms with Gasteiger partial charge in [-0.15, -0.1) is 0 Å². The van der Waals surface area contributed by atoms with Crippen LogP contribution in [0.5, 0.6) is 0 Å². The first-order valence-electron chi connectivity index (χ1n) is 10.5. The molecule has 0 spiro atoms. The number of benzene rings is 1. The van der Waals surface area contributed by atoms with E-state index in [2.05, 4.69) is 31.0 Å². The van der Waals surface area contributed by atoms with E-state index in [0.29, 0.717) is 0 Å². The molecule has 4 rings (SSSR count). The number of aromatic nitrogens is 3. The molecule has 3 aromatic rings. The highest BCUT2D eigenvalue weighted by Crippen LogP contribution is 2.24. The van der Waals surface area contributed by atoms with Crippen LogP contribution in [0.15, 0.2) is 55.0 Å². The Morgan fingerprint density at radius 1 is 1.07 bits per heavy atom. The van der Waals surface area contributed by atoms with Gasteiger partial charge in [0.1, 0.15) is 0 Å². The summed E-state index contributed by atoms with van der Waals surface area (Å²) >= 11 is 6.06. The molecule has 7 heteroatoms. The van der Waals surface area contributed by atoms with Crippen LogP contribution in [0.2, 0.25) is 5.02 Å². The van der Waals surface area contributed by atoms with Gasteiger partial charge in [-0.2, -0.15) is 5.10 Å². The summed E-state index contributed by atoms with van der Waals surface area (Å²) < 4.78 is 5.46. The summed E-state index contributed by atoms with van der Waals surface area (Å²) in [4.78, 5) is 9.24. The topological polar surface area (TPSA) is 57.3 Å². The Kier molecular flexibility index (Phi) is 7.48. The molecule has 0 saturated carbocycles. The lowest BCUT2D eigenvalue weighted by Crippen LogP contribution is -2.38. The molecule has 0 atom stereocenters. The van der Waals surface area contributed by atoms with Gasteiger partial charge < -0.3 is 4.74 Å². The second-order valence-electron chi connectivity index (χ2n) is 7.66. The summed E-state index contributed by atoms with van der Waals surface area (Å²) in [5, 5.41) is 8.22. The zero-order chi connectivity index (χ0) is 20.6. The molecular weight excluding hydrogens is 398 g/mol. The quantitative estimate of drug-likeness (QED) is 0.564. The fourth-order valence-electron chi connectivity index (χ4n) is 3.84. The third-order valence-electron chi connectivity index (χ3n) is 5.43. The van der Waals surface area contributed by atoms with Crippen molar-refractivity contribution in [2.24, 2.45) is 0 Å². The van der Waals surface area contributed by atoms with Gasteiger partial charge in [0.15, 0.2) is 0 Å². The zero-order valence-corrected chi connectivity index (χ0v) is 17.9. The highest BCUT2D eigenvalue weighted by molar-refractivity contribution is 6.30. The first kappa shape index (κ1) is 21.0. The first-order valence-corrected chi connectivity index (χ1v) is 10.9. The monoisotopic (exact) mass is 425 g/mol. The Hall–Kier alpha value is -2.25. The van der Waals surface area contributed by atoms with Crippen LogP contribution < -0.4 is 0 Å². The van der Waals surface area contributed by atoms with Crippen LogP contribution in [0.1, 0.15) is 17.5 Å². The van der Waals surface area contributed by atoms with E-state index in [4.69, 9.17) is 16.3 Å². The van der Waals surface area contributed by atoms with Crippen LogP contribution in [0.3, 0.4) is 0 Å². The Morgan fingerprint density at radius 3 is 2.67 bits per heavy atom. The highest BCUT2D eigenvalue weighted by atomic mass is 35.5. The summed E-state index contributed by atoms with van der Waals surface area (Å²) in [5.74, 6) is 0. The van der Waals surface area contributed by atoms with Gasteiger partial charge in [0, 0.05) is 55.7 Å². The molecule has 1 saturated heterocycles. The van der Waals surface area contributed by atoms with Crippen molar-refractivity contribution >= 4 is 11.6 Å². The number of halogens is 1. The third kappa shape index (κ3) is 5.89.